The zero-order valence-corrected chi connectivity index (χ0v) is 13.0. The molecule has 1 fully saturated rings. The molecular weight excluding hydrogens is 340 g/mol. The number of carboxylic acid groups (broad SMARTS) is 1. The summed E-state index contributed by atoms with van der Waals surface area (Å²) in [6.45, 7) is 0.482. The molecule has 0 aromatic heterocycles. The number of benzene rings is 1. The van der Waals surface area contributed by atoms with Gasteiger partial charge >= 0.3 is 12.0 Å². The van der Waals surface area contributed by atoms with Crippen LogP contribution in [0.4, 0.5) is 10.5 Å². The second-order valence-corrected chi connectivity index (χ2v) is 5.87. The fraction of sp³-hybridized carbons (Fsp3) is 0.429. The third-order valence-corrected chi connectivity index (χ3v) is 4.05. The van der Waals surface area contributed by atoms with Crippen LogP contribution < -0.4 is 5.32 Å². The third-order valence-electron chi connectivity index (χ3n) is 3.55. The second kappa shape index (κ2) is 6.91. The van der Waals surface area contributed by atoms with Crippen LogP contribution in [0.2, 0.25) is 0 Å². The van der Waals surface area contributed by atoms with Gasteiger partial charge in [-0.3, -0.25) is 0 Å². The number of nitrogens with zero attached hydrogens (tertiary/aromatic N) is 1. The molecule has 7 heteroatoms. The van der Waals surface area contributed by atoms with Gasteiger partial charge in [-0.25, -0.2) is 9.59 Å². The van der Waals surface area contributed by atoms with Crippen LogP contribution in [0.5, 0.6) is 0 Å². The quantitative estimate of drug-likeness (QED) is 0.776. The summed E-state index contributed by atoms with van der Waals surface area (Å²) in [5.41, 5.74) is 0.272. The monoisotopic (exact) mass is 356 g/mol. The number of rotatable bonds is 3. The molecule has 1 aromatic carbocycles. The number of likely N-dealkylation sites (tertiary alicyclic amines) is 1. The van der Waals surface area contributed by atoms with E-state index in [1.54, 1.807) is 17.0 Å². The molecule has 0 aliphatic carbocycles. The van der Waals surface area contributed by atoms with Crippen LogP contribution >= 0.6 is 15.9 Å². The summed E-state index contributed by atoms with van der Waals surface area (Å²) >= 11 is 3.21. The number of carbonyl (C=O) groups is 2. The van der Waals surface area contributed by atoms with E-state index in [0.717, 1.165) is 19.3 Å². The molecule has 2 rings (SSSR count). The number of halogens is 1. The number of carboxylic acids is 1. The molecule has 21 heavy (non-hydrogen) atoms. The highest BCUT2D eigenvalue weighted by molar-refractivity contribution is 9.10. The van der Waals surface area contributed by atoms with Gasteiger partial charge in [0.15, 0.2) is 0 Å². The van der Waals surface area contributed by atoms with Crippen molar-refractivity contribution in [3.8, 4) is 0 Å². The molecule has 1 aliphatic rings. The molecule has 1 unspecified atom stereocenters. The van der Waals surface area contributed by atoms with E-state index in [4.69, 9.17) is 0 Å². The standard InChI is InChI=1S/C14H17BrN2O4/c15-9-4-5-12(11(7-9)13(19)20)16-14(21)17-6-2-1-3-10(17)8-18/h4-5,7,10,18H,1-3,6,8H2,(H,16,21)(H,19,20). The summed E-state index contributed by atoms with van der Waals surface area (Å²) in [5, 5.41) is 21.1. The first-order valence-electron chi connectivity index (χ1n) is 6.74. The molecule has 0 spiro atoms. The minimum atomic E-state index is -1.11. The maximum atomic E-state index is 12.3. The molecule has 1 saturated heterocycles. The number of anilines is 1. The van der Waals surface area contributed by atoms with Crippen LogP contribution in [0.1, 0.15) is 29.6 Å². The lowest BCUT2D eigenvalue weighted by Gasteiger charge is -2.34. The van der Waals surface area contributed by atoms with Crippen molar-refractivity contribution < 1.29 is 19.8 Å². The SMILES string of the molecule is O=C(O)c1cc(Br)ccc1NC(=O)N1CCCCC1CO. The Balaban J connectivity index is 2.17. The number of aliphatic hydroxyl groups excluding tert-OH is 1. The molecule has 1 atom stereocenters. The van der Waals surface area contributed by atoms with Gasteiger partial charge in [-0.05, 0) is 37.5 Å². The Kier molecular flexibility index (Phi) is 5.19. The zero-order chi connectivity index (χ0) is 15.4. The summed E-state index contributed by atoms with van der Waals surface area (Å²) in [4.78, 5) is 25.1. The number of piperidine rings is 1. The van der Waals surface area contributed by atoms with Gasteiger partial charge < -0.3 is 20.4 Å². The number of hydrogen-bond acceptors (Lipinski definition) is 3. The van der Waals surface area contributed by atoms with Crippen LogP contribution in [0, 0.1) is 0 Å². The molecule has 1 aliphatic heterocycles. The number of urea groups is 1. The topological polar surface area (TPSA) is 89.9 Å². The Morgan fingerprint density at radius 2 is 2.14 bits per heavy atom. The first kappa shape index (κ1) is 15.8. The molecule has 1 aromatic rings. The average Bonchev–Trinajstić information content (AvgIpc) is 2.48. The minimum Gasteiger partial charge on any atom is -0.478 e. The molecule has 1 heterocycles. The Morgan fingerprint density at radius 3 is 2.81 bits per heavy atom. The van der Waals surface area contributed by atoms with Gasteiger partial charge in [0, 0.05) is 11.0 Å². The largest absolute Gasteiger partial charge is 0.478 e. The normalized spacial score (nSPS) is 18.4. The highest BCUT2D eigenvalue weighted by atomic mass is 79.9. The second-order valence-electron chi connectivity index (χ2n) is 4.95. The lowest BCUT2D eigenvalue weighted by molar-refractivity contribution is 0.0698. The van der Waals surface area contributed by atoms with Gasteiger partial charge in [-0.2, -0.15) is 0 Å². The van der Waals surface area contributed by atoms with E-state index in [-0.39, 0.29) is 29.9 Å². The number of nitrogens with one attached hydrogen (secondary N) is 1. The summed E-state index contributed by atoms with van der Waals surface area (Å²) in [5.74, 6) is -1.11. The van der Waals surface area contributed by atoms with Gasteiger partial charge in [0.25, 0.3) is 0 Å². The van der Waals surface area contributed by atoms with E-state index in [0.29, 0.717) is 11.0 Å². The molecule has 0 radical (unpaired) electrons. The predicted octanol–water partition coefficient (Wildman–Crippen LogP) is 2.53. The molecule has 0 saturated carbocycles. The molecular formula is C14H17BrN2O4. The highest BCUT2D eigenvalue weighted by Crippen LogP contribution is 2.23. The number of carbonyl (C=O) groups excluding carboxylic acids is 1. The lowest BCUT2D eigenvalue weighted by atomic mass is 10.0. The number of hydrogen-bond donors (Lipinski definition) is 3. The molecule has 114 valence electrons. The van der Waals surface area contributed by atoms with Crippen LogP contribution in [-0.2, 0) is 0 Å². The Bertz CT molecular complexity index is 550. The minimum absolute atomic E-state index is 0.0234. The van der Waals surface area contributed by atoms with E-state index >= 15 is 0 Å². The number of aromatic carboxylic acids is 1. The van der Waals surface area contributed by atoms with Crippen LogP contribution in [-0.4, -0.2) is 46.3 Å². The van der Waals surface area contributed by atoms with Crippen LogP contribution in [0.25, 0.3) is 0 Å². The maximum absolute atomic E-state index is 12.3. The third kappa shape index (κ3) is 3.74. The molecule has 0 bridgehead atoms. The fourth-order valence-electron chi connectivity index (χ4n) is 2.45. The Hall–Kier alpha value is -1.60. The number of aliphatic hydroxyl groups is 1. The highest BCUT2D eigenvalue weighted by Gasteiger charge is 2.26. The number of amides is 2. The lowest BCUT2D eigenvalue weighted by Crippen LogP contribution is -2.47. The summed E-state index contributed by atoms with van der Waals surface area (Å²) in [6.07, 6.45) is 2.62. The smallest absolute Gasteiger partial charge is 0.337 e. The average molecular weight is 357 g/mol. The predicted molar refractivity (Wildman–Crippen MR) is 81.6 cm³/mol. The van der Waals surface area contributed by atoms with Crippen molar-refractivity contribution in [2.24, 2.45) is 0 Å². The van der Waals surface area contributed by atoms with Crippen LogP contribution in [0.3, 0.4) is 0 Å². The van der Waals surface area contributed by atoms with E-state index in [1.165, 1.54) is 6.07 Å². The van der Waals surface area contributed by atoms with Gasteiger partial charge in [-0.1, -0.05) is 15.9 Å². The van der Waals surface area contributed by atoms with E-state index in [2.05, 4.69) is 21.2 Å². The van der Waals surface area contributed by atoms with Crippen molar-refractivity contribution in [1.29, 1.82) is 0 Å². The first-order valence-corrected chi connectivity index (χ1v) is 7.53. The van der Waals surface area contributed by atoms with E-state index in [1.807, 2.05) is 0 Å². The first-order chi connectivity index (χ1) is 10.0. The van der Waals surface area contributed by atoms with Crippen LogP contribution in [0.15, 0.2) is 22.7 Å². The van der Waals surface area contributed by atoms with Crippen molar-refractivity contribution in [2.45, 2.75) is 25.3 Å². The molecule has 3 N–H and O–H groups in total. The Labute approximate surface area is 130 Å². The van der Waals surface area contributed by atoms with Gasteiger partial charge in [0.05, 0.1) is 23.9 Å². The Morgan fingerprint density at radius 1 is 1.38 bits per heavy atom. The van der Waals surface area contributed by atoms with Crippen molar-refractivity contribution >= 4 is 33.6 Å². The van der Waals surface area contributed by atoms with E-state index < -0.39 is 5.97 Å². The maximum Gasteiger partial charge on any atom is 0.337 e. The van der Waals surface area contributed by atoms with Gasteiger partial charge in [-0.15, -0.1) is 0 Å². The zero-order valence-electron chi connectivity index (χ0n) is 11.4. The van der Waals surface area contributed by atoms with Gasteiger partial charge in [0.1, 0.15) is 0 Å². The summed E-state index contributed by atoms with van der Waals surface area (Å²) in [7, 11) is 0. The summed E-state index contributed by atoms with van der Waals surface area (Å²) in [6, 6.07) is 4.07. The van der Waals surface area contributed by atoms with E-state index in [9.17, 15) is 19.8 Å². The molecule has 6 nitrogen and oxygen atoms in total. The van der Waals surface area contributed by atoms with Crippen molar-refractivity contribution in [1.82, 2.24) is 4.90 Å². The van der Waals surface area contributed by atoms with Crippen molar-refractivity contribution in [3.63, 3.8) is 0 Å². The van der Waals surface area contributed by atoms with Crippen molar-refractivity contribution in [2.75, 3.05) is 18.5 Å². The fourth-order valence-corrected chi connectivity index (χ4v) is 2.81. The van der Waals surface area contributed by atoms with Gasteiger partial charge in [0.2, 0.25) is 0 Å². The van der Waals surface area contributed by atoms with Crippen molar-refractivity contribution in [3.05, 3.63) is 28.2 Å². The summed E-state index contributed by atoms with van der Waals surface area (Å²) < 4.78 is 0.629. The molecule has 2 amide bonds.